The number of hydrazone groups is 1. The SMILES string of the molecule is CN(CCN(C)Cc1ccc(O)c(O)c1)Cc1ccc(O)c(O)c1.CN1N=C(c2ccc(O)c(O)c2)CC1c1ccc(O)c(O)c1.NCc1ccc(O)c(O)c1.O=C(/C=C/c1ccc(O)c(O)c1)c1ccc(O)c(O)c1.O=C(Cc1ccc(O)c(O)c1)c1ccc(O)c(O)c1.Oc1ccc(CCCc2ccc(O)c(O)c2)cc1O.Oc1ccc(CN2CC3CCC2C3)cc1O. The van der Waals surface area contributed by atoms with Gasteiger partial charge in [0.15, 0.2) is 150 Å². The van der Waals surface area contributed by atoms with Crippen molar-refractivity contribution in [2.75, 3.05) is 40.8 Å². The summed E-state index contributed by atoms with van der Waals surface area (Å²) in [6.45, 7) is 5.45. The molecule has 2 heterocycles. The van der Waals surface area contributed by atoms with Crippen molar-refractivity contribution in [3.63, 3.8) is 0 Å². The topological polar surface area (TPSA) is 571 Å². The molecule has 0 amide bonds. The molecule has 2 aliphatic heterocycles. The Labute approximate surface area is 748 Å². The maximum absolute atomic E-state index is 11.9. The van der Waals surface area contributed by atoms with Crippen LogP contribution in [-0.2, 0) is 45.4 Å². The maximum atomic E-state index is 11.9. The van der Waals surface area contributed by atoms with E-state index in [9.17, 15) is 102 Å². The Balaban J connectivity index is 0.000000173. The van der Waals surface area contributed by atoms with Crippen molar-refractivity contribution in [3.8, 4) is 138 Å². The molecule has 1 saturated heterocycles. The second-order valence-corrected chi connectivity index (χ2v) is 31.3. The number of aryl methyl sites for hydroxylation is 2. The zero-order valence-corrected chi connectivity index (χ0v) is 71.1. The monoisotopic (exact) mass is 1780 g/mol. The second-order valence-electron chi connectivity index (χ2n) is 31.3. The standard InChI is InChI=1S/C18H24N2O4.C16H16N2O4.C15H12O5.C15H16O4.C14H12O5.C13H17NO2.C7H9NO2/c1-19(11-13-3-5-15(21)17(23)9-13)7-8-20(2)12-14-4-6-16(22)18(24)10-14;1-18-12(10-3-5-14(20)16(22)7-10)8-11(17-18)9-2-4-13(19)15(21)6-9;16-11(10-3-6-13(18)15(20)8-10)4-1-9-2-5-12(17)14(19)7-9;16-12-6-4-10(8-14(12)18)2-1-3-11-5-7-13(17)15(19)9-11;15-10-3-1-8(6-13(10)18)5-12(17)9-2-4-11(16)14(19)7-9;15-12-4-2-10(6-13(12)16)8-14-7-9-1-3-11(14)5-9;8-4-5-1-2-6(9)7(10)3-5/h3-6,9-10,21-24H,7-8,11-12H2,1-2H3;2-7,12,19-22H,8H2,1H3;1-8,17-20H;4-9,16-19H,1-3H2;1-4,6-7,15-16,18-19H,5H2;2,4,6,9,11,15-16H,1,3,5,7-8H2;1-3,9-10H,4,8H2/b;;4-1+;;;;. The van der Waals surface area contributed by atoms with Crippen LogP contribution in [-0.4, -0.2) is 206 Å². The van der Waals surface area contributed by atoms with Gasteiger partial charge in [-0.1, -0.05) is 60.7 Å². The highest BCUT2D eigenvalue weighted by Crippen LogP contribution is 2.41. The van der Waals surface area contributed by atoms with Gasteiger partial charge in [-0.2, -0.15) is 5.10 Å². The van der Waals surface area contributed by atoms with E-state index in [1.54, 1.807) is 83.9 Å². The van der Waals surface area contributed by atoms with E-state index in [1.165, 1.54) is 165 Å². The highest BCUT2D eigenvalue weighted by molar-refractivity contribution is 6.07. The van der Waals surface area contributed by atoms with Crippen LogP contribution in [0.25, 0.3) is 6.08 Å². The molecule has 32 nitrogen and oxygen atoms in total. The molecule has 0 spiro atoms. The van der Waals surface area contributed by atoms with Gasteiger partial charge >= 0.3 is 0 Å². The van der Waals surface area contributed by atoms with Crippen molar-refractivity contribution in [1.82, 2.24) is 19.7 Å². The second kappa shape index (κ2) is 45.9. The Morgan fingerprint density at radius 2 is 0.746 bits per heavy atom. The molecule has 12 aromatic rings. The lowest BCUT2D eigenvalue weighted by atomic mass is 9.98. The molecule has 26 N–H and O–H groups in total. The third-order valence-corrected chi connectivity index (χ3v) is 21.3. The Morgan fingerprint density at radius 1 is 0.385 bits per heavy atom. The molecule has 130 heavy (non-hydrogen) atoms. The minimum atomic E-state index is -0.369. The number of likely N-dealkylation sites (N-methyl/N-ethyl adjacent to an activating group) is 2. The zero-order chi connectivity index (χ0) is 94.7. The molecule has 15 rings (SSSR count). The van der Waals surface area contributed by atoms with E-state index in [0.717, 1.165) is 107 Å². The fourth-order valence-electron chi connectivity index (χ4n) is 14.0. The normalized spacial score (nSPS) is 14.1. The maximum Gasteiger partial charge on any atom is 0.185 e. The highest BCUT2D eigenvalue weighted by atomic mass is 16.3. The van der Waals surface area contributed by atoms with Gasteiger partial charge in [0, 0.05) is 88.4 Å². The fraction of sp³-hybridized carbons (Fsp3) is 0.214. The zero-order valence-electron chi connectivity index (χ0n) is 71.1. The van der Waals surface area contributed by atoms with Crippen molar-refractivity contribution < 1.29 is 132 Å². The minimum Gasteiger partial charge on any atom is -0.504 e. The number of nitrogens with two attached hydrogens (primary N) is 1. The number of aromatic hydroxyl groups is 24. The lowest BCUT2D eigenvalue weighted by Crippen LogP contribution is -2.31. The summed E-state index contributed by atoms with van der Waals surface area (Å²) >= 11 is 0. The van der Waals surface area contributed by atoms with Gasteiger partial charge < -0.3 is 138 Å². The van der Waals surface area contributed by atoms with Crippen LogP contribution < -0.4 is 5.73 Å². The number of likely N-dealkylation sites (tertiary alicyclic amines) is 1. The average molecular weight is 1780 g/mol. The Kier molecular flexibility index (Phi) is 34.6. The first-order chi connectivity index (χ1) is 61.8. The molecule has 2 bridgehead atoms. The van der Waals surface area contributed by atoms with E-state index < -0.39 is 0 Å². The first kappa shape index (κ1) is 98.0. The molecule has 1 saturated carbocycles. The third kappa shape index (κ3) is 28.9. The number of allylic oxidation sites excluding steroid dienone is 1. The van der Waals surface area contributed by atoms with E-state index in [1.807, 2.05) is 27.2 Å². The number of phenols is 24. The van der Waals surface area contributed by atoms with Gasteiger partial charge in [-0.15, -0.1) is 0 Å². The van der Waals surface area contributed by atoms with Crippen LogP contribution >= 0.6 is 0 Å². The number of hydrogen-bond donors (Lipinski definition) is 25. The van der Waals surface area contributed by atoms with Gasteiger partial charge in [-0.3, -0.25) is 19.5 Å². The van der Waals surface area contributed by atoms with Gasteiger partial charge in [0.05, 0.1) is 11.8 Å². The van der Waals surface area contributed by atoms with E-state index in [-0.39, 0.29) is 173 Å². The molecular weight excluding hydrogens is 1680 g/mol. The number of Topliss-reactive ketones (excluding diaryl/α,β-unsaturated/α-hetero) is 1. The van der Waals surface area contributed by atoms with Crippen LogP contribution in [0.15, 0.2) is 230 Å². The van der Waals surface area contributed by atoms with Gasteiger partial charge in [0.1, 0.15) is 0 Å². The van der Waals surface area contributed by atoms with E-state index >= 15 is 0 Å². The first-order valence-electron chi connectivity index (χ1n) is 40.8. The molecule has 0 aromatic heterocycles. The van der Waals surface area contributed by atoms with Crippen LogP contribution in [0.3, 0.4) is 0 Å². The lowest BCUT2D eigenvalue weighted by molar-refractivity contribution is 0.0991. The molecule has 3 unspecified atom stereocenters. The summed E-state index contributed by atoms with van der Waals surface area (Å²) in [7, 11) is 5.80. The largest absolute Gasteiger partial charge is 0.504 e. The van der Waals surface area contributed by atoms with E-state index in [0.29, 0.717) is 37.2 Å². The van der Waals surface area contributed by atoms with Crippen molar-refractivity contribution in [3.05, 3.63) is 291 Å². The van der Waals surface area contributed by atoms with Crippen LogP contribution in [0, 0.1) is 5.92 Å². The Bertz CT molecular complexity index is 5860. The quantitative estimate of drug-likeness (QED) is 0.0170. The Hall–Kier alpha value is -15.8. The summed E-state index contributed by atoms with van der Waals surface area (Å²) in [6, 6.07) is 54.7. The number of rotatable bonds is 22. The Morgan fingerprint density at radius 3 is 1.18 bits per heavy atom. The van der Waals surface area contributed by atoms with Crippen molar-refractivity contribution in [2.45, 2.75) is 89.6 Å². The van der Waals surface area contributed by atoms with Crippen LogP contribution in [0.1, 0.15) is 114 Å². The number of phenolic OH excluding ortho intramolecular Hbond substituents is 24. The number of piperidine rings is 1. The lowest BCUT2D eigenvalue weighted by Gasteiger charge is -2.26. The van der Waals surface area contributed by atoms with Gasteiger partial charge in [-0.05, 0) is 278 Å². The summed E-state index contributed by atoms with van der Waals surface area (Å²) in [4.78, 5) is 30.5. The molecule has 32 heteroatoms. The summed E-state index contributed by atoms with van der Waals surface area (Å²) in [5, 5.41) is 229. The van der Waals surface area contributed by atoms with Crippen LogP contribution in [0.2, 0.25) is 0 Å². The smallest absolute Gasteiger partial charge is 0.185 e. The summed E-state index contributed by atoms with van der Waals surface area (Å²) < 4.78 is 0. The van der Waals surface area contributed by atoms with Crippen molar-refractivity contribution in [2.24, 2.45) is 16.8 Å². The number of fused-ring (bicyclic) bond motifs is 2. The predicted molar refractivity (Wildman–Crippen MR) is 484 cm³/mol. The van der Waals surface area contributed by atoms with Crippen LogP contribution in [0.4, 0.5) is 0 Å². The van der Waals surface area contributed by atoms with Crippen LogP contribution in [0.5, 0.6) is 138 Å². The molecule has 0 radical (unpaired) electrons. The average Bonchev–Trinajstić information content (AvgIpc) is 1.66. The van der Waals surface area contributed by atoms with Gasteiger partial charge in [0.2, 0.25) is 0 Å². The molecular formula is C98H106N6O26. The first-order valence-corrected chi connectivity index (χ1v) is 40.8. The number of hydrogen-bond acceptors (Lipinski definition) is 32. The van der Waals surface area contributed by atoms with E-state index in [2.05, 4.69) is 19.8 Å². The number of benzene rings is 12. The number of ketones is 2. The van der Waals surface area contributed by atoms with E-state index in [4.69, 9.17) is 36.4 Å². The molecule has 684 valence electrons. The van der Waals surface area contributed by atoms with Crippen molar-refractivity contribution >= 4 is 23.4 Å². The summed E-state index contributed by atoms with van der Waals surface area (Å²) in [5.41, 5.74) is 14.8. The molecule has 3 aliphatic rings. The number of nitrogens with zero attached hydrogens (tertiary/aromatic N) is 5. The predicted octanol–water partition coefficient (Wildman–Crippen LogP) is 14.0. The number of carbonyl (C=O) groups excluding carboxylic acids is 2. The van der Waals surface area contributed by atoms with Gasteiger partial charge in [0.25, 0.3) is 0 Å². The van der Waals surface area contributed by atoms with Gasteiger partial charge in [-0.25, -0.2) is 0 Å². The van der Waals surface area contributed by atoms with Crippen molar-refractivity contribution in [1.29, 1.82) is 0 Å². The highest BCUT2D eigenvalue weighted by Gasteiger charge is 2.37. The summed E-state index contributed by atoms with van der Waals surface area (Å²) in [6.07, 6.45) is 9.76. The third-order valence-electron chi connectivity index (χ3n) is 21.3. The molecule has 3 atom stereocenters. The fourth-order valence-corrected chi connectivity index (χ4v) is 14.0. The molecule has 12 aromatic carbocycles. The summed E-state index contributed by atoms with van der Waals surface area (Å²) in [5.74, 6) is -3.99. The number of carbonyl (C=O) groups is 2. The molecule has 1 aliphatic carbocycles. The minimum absolute atomic E-state index is 0.0120. The molecule has 2 fully saturated rings.